The van der Waals surface area contributed by atoms with Crippen molar-refractivity contribution in [2.45, 2.75) is 37.5 Å². The summed E-state index contributed by atoms with van der Waals surface area (Å²) >= 11 is 0. The van der Waals surface area contributed by atoms with Crippen LogP contribution in [0.4, 0.5) is 10.1 Å². The van der Waals surface area contributed by atoms with Gasteiger partial charge in [0.2, 0.25) is 5.91 Å². The lowest BCUT2D eigenvalue weighted by Crippen LogP contribution is -2.36. The fraction of sp³-hybridized carbons (Fsp3) is 0.462. The van der Waals surface area contributed by atoms with E-state index in [1.54, 1.807) is 6.07 Å². The number of hydrogen-bond donors (Lipinski definition) is 1. The van der Waals surface area contributed by atoms with Gasteiger partial charge in [0.05, 0.1) is 11.1 Å². The number of amides is 1. The molecule has 0 bridgehead atoms. The second-order valence-electron chi connectivity index (χ2n) is 4.76. The number of para-hydroxylation sites is 1. The highest BCUT2D eigenvalue weighted by Crippen LogP contribution is 2.47. The molecule has 1 spiro atoms. The van der Waals surface area contributed by atoms with Crippen molar-refractivity contribution in [2.24, 2.45) is 0 Å². The van der Waals surface area contributed by atoms with E-state index in [2.05, 4.69) is 5.32 Å². The molecule has 1 N–H and O–H groups in total. The van der Waals surface area contributed by atoms with Gasteiger partial charge in [0.1, 0.15) is 5.82 Å². The molecular weight excluding hydrogens is 205 g/mol. The van der Waals surface area contributed by atoms with Crippen LogP contribution in [0.3, 0.4) is 0 Å². The molecule has 84 valence electrons. The first-order valence-corrected chi connectivity index (χ1v) is 5.84. The van der Waals surface area contributed by atoms with Crippen LogP contribution in [0.5, 0.6) is 0 Å². The predicted octanol–water partition coefficient (Wildman–Crippen LogP) is 2.98. The van der Waals surface area contributed by atoms with E-state index in [9.17, 15) is 9.18 Å². The van der Waals surface area contributed by atoms with E-state index in [0.29, 0.717) is 5.69 Å². The predicted molar refractivity (Wildman–Crippen MR) is 59.8 cm³/mol. The quantitative estimate of drug-likeness (QED) is 0.714. The van der Waals surface area contributed by atoms with E-state index in [1.807, 2.05) is 6.07 Å². The Bertz CT molecular complexity index is 449. The number of carbonyl (C=O) groups excluding carboxylic acids is 1. The maximum atomic E-state index is 13.6. The van der Waals surface area contributed by atoms with Gasteiger partial charge in [-0.3, -0.25) is 4.79 Å². The van der Waals surface area contributed by atoms with Crippen molar-refractivity contribution in [3.63, 3.8) is 0 Å². The number of nitrogens with one attached hydrogen (secondary N) is 1. The third-order valence-electron chi connectivity index (χ3n) is 3.91. The molecule has 2 nitrogen and oxygen atoms in total. The van der Waals surface area contributed by atoms with E-state index in [-0.39, 0.29) is 11.7 Å². The molecule has 0 atom stereocenters. The fourth-order valence-corrected chi connectivity index (χ4v) is 3.06. The molecule has 2 aliphatic rings. The minimum Gasteiger partial charge on any atom is -0.323 e. The Morgan fingerprint density at radius 3 is 2.69 bits per heavy atom. The van der Waals surface area contributed by atoms with Crippen LogP contribution in [0, 0.1) is 5.82 Å². The monoisotopic (exact) mass is 219 g/mol. The lowest BCUT2D eigenvalue weighted by molar-refractivity contribution is -0.121. The van der Waals surface area contributed by atoms with Crippen LogP contribution in [-0.2, 0) is 10.2 Å². The normalized spacial score (nSPS) is 21.9. The van der Waals surface area contributed by atoms with Crippen LogP contribution in [0.15, 0.2) is 18.2 Å². The summed E-state index contributed by atoms with van der Waals surface area (Å²) in [7, 11) is 0. The van der Waals surface area contributed by atoms with Crippen molar-refractivity contribution in [2.75, 3.05) is 5.32 Å². The van der Waals surface area contributed by atoms with E-state index >= 15 is 0 Å². The van der Waals surface area contributed by atoms with Crippen molar-refractivity contribution in [1.29, 1.82) is 0 Å². The zero-order valence-corrected chi connectivity index (χ0v) is 9.05. The fourth-order valence-electron chi connectivity index (χ4n) is 3.06. The molecule has 1 aromatic carbocycles. The van der Waals surface area contributed by atoms with Gasteiger partial charge in [-0.15, -0.1) is 0 Å². The summed E-state index contributed by atoms with van der Waals surface area (Å²) in [6, 6.07) is 4.99. The van der Waals surface area contributed by atoms with Crippen molar-refractivity contribution in [3.05, 3.63) is 29.6 Å². The molecule has 1 heterocycles. The van der Waals surface area contributed by atoms with Gasteiger partial charge in [0.25, 0.3) is 0 Å². The first kappa shape index (κ1) is 9.82. The Labute approximate surface area is 93.9 Å². The largest absolute Gasteiger partial charge is 0.323 e. The summed E-state index contributed by atoms with van der Waals surface area (Å²) in [6.45, 7) is 0. The molecule has 1 aliphatic carbocycles. The Morgan fingerprint density at radius 2 is 1.94 bits per heavy atom. The second kappa shape index (κ2) is 3.30. The standard InChI is InChI=1S/C13H14FNO/c14-10-6-4-5-9-11(10)15-12(16)13(9)7-2-1-3-8-13/h4-6H,1-3,7-8H2,(H,15,16). The zero-order valence-electron chi connectivity index (χ0n) is 9.05. The van der Waals surface area contributed by atoms with E-state index in [4.69, 9.17) is 0 Å². The summed E-state index contributed by atoms with van der Waals surface area (Å²) in [4.78, 5) is 12.1. The third kappa shape index (κ3) is 1.14. The van der Waals surface area contributed by atoms with Gasteiger partial charge in [-0.05, 0) is 24.5 Å². The average Bonchev–Trinajstić information content (AvgIpc) is 2.57. The topological polar surface area (TPSA) is 29.1 Å². The number of carbonyl (C=O) groups is 1. The minimum atomic E-state index is -0.435. The lowest BCUT2D eigenvalue weighted by Gasteiger charge is -2.31. The second-order valence-corrected chi connectivity index (χ2v) is 4.76. The van der Waals surface area contributed by atoms with Crippen LogP contribution < -0.4 is 5.32 Å². The summed E-state index contributed by atoms with van der Waals surface area (Å²) in [6.07, 6.45) is 5.01. The molecule has 1 fully saturated rings. The van der Waals surface area contributed by atoms with Crippen LogP contribution >= 0.6 is 0 Å². The van der Waals surface area contributed by atoms with Gasteiger partial charge in [0.15, 0.2) is 0 Å². The molecule has 0 radical (unpaired) electrons. The van der Waals surface area contributed by atoms with Gasteiger partial charge in [0, 0.05) is 0 Å². The molecule has 3 heteroatoms. The Morgan fingerprint density at radius 1 is 1.19 bits per heavy atom. The van der Waals surface area contributed by atoms with Gasteiger partial charge >= 0.3 is 0 Å². The number of halogens is 1. The number of rotatable bonds is 0. The summed E-state index contributed by atoms with van der Waals surface area (Å²) < 4.78 is 13.6. The van der Waals surface area contributed by atoms with Crippen LogP contribution in [0.1, 0.15) is 37.7 Å². The Balaban J connectivity index is 2.15. The molecule has 1 saturated carbocycles. The van der Waals surface area contributed by atoms with Gasteiger partial charge in [-0.1, -0.05) is 31.4 Å². The molecule has 1 aromatic rings. The minimum absolute atomic E-state index is 0.00713. The number of fused-ring (bicyclic) bond motifs is 2. The Hall–Kier alpha value is -1.38. The highest BCUT2D eigenvalue weighted by atomic mass is 19.1. The molecule has 0 saturated heterocycles. The molecule has 16 heavy (non-hydrogen) atoms. The third-order valence-corrected chi connectivity index (χ3v) is 3.91. The molecule has 1 aliphatic heterocycles. The van der Waals surface area contributed by atoms with Crippen molar-refractivity contribution < 1.29 is 9.18 Å². The Kier molecular flexibility index (Phi) is 2.03. The lowest BCUT2D eigenvalue weighted by atomic mass is 9.70. The van der Waals surface area contributed by atoms with Crippen LogP contribution in [-0.4, -0.2) is 5.91 Å². The summed E-state index contributed by atoms with van der Waals surface area (Å²) in [5.74, 6) is -0.319. The van der Waals surface area contributed by atoms with Gasteiger partial charge in [-0.25, -0.2) is 4.39 Å². The molecule has 1 amide bonds. The van der Waals surface area contributed by atoms with E-state index in [1.165, 1.54) is 12.5 Å². The van der Waals surface area contributed by atoms with Crippen molar-refractivity contribution >= 4 is 11.6 Å². The molecule has 0 unspecified atom stereocenters. The molecule has 0 aromatic heterocycles. The maximum Gasteiger partial charge on any atom is 0.235 e. The maximum absolute atomic E-state index is 13.6. The van der Waals surface area contributed by atoms with Gasteiger partial charge in [-0.2, -0.15) is 0 Å². The van der Waals surface area contributed by atoms with Crippen molar-refractivity contribution in [1.82, 2.24) is 0 Å². The van der Waals surface area contributed by atoms with Crippen LogP contribution in [0.2, 0.25) is 0 Å². The number of anilines is 1. The number of benzene rings is 1. The van der Waals surface area contributed by atoms with Crippen LogP contribution in [0.25, 0.3) is 0 Å². The van der Waals surface area contributed by atoms with Crippen molar-refractivity contribution in [3.8, 4) is 0 Å². The first-order chi connectivity index (χ1) is 7.74. The summed E-state index contributed by atoms with van der Waals surface area (Å²) in [5.41, 5.74) is 0.849. The smallest absolute Gasteiger partial charge is 0.235 e. The number of hydrogen-bond acceptors (Lipinski definition) is 1. The molecule has 3 rings (SSSR count). The average molecular weight is 219 g/mol. The van der Waals surface area contributed by atoms with Gasteiger partial charge < -0.3 is 5.32 Å². The SMILES string of the molecule is O=C1Nc2c(F)cccc2C12CCCCC2. The van der Waals surface area contributed by atoms with E-state index in [0.717, 1.165) is 31.2 Å². The highest BCUT2D eigenvalue weighted by Gasteiger charge is 2.47. The zero-order chi connectivity index (χ0) is 11.2. The first-order valence-electron chi connectivity index (χ1n) is 5.84. The van der Waals surface area contributed by atoms with E-state index < -0.39 is 5.41 Å². The molecular formula is C13H14FNO. The summed E-state index contributed by atoms with van der Waals surface area (Å²) in [5, 5.41) is 2.71. The highest BCUT2D eigenvalue weighted by molar-refractivity contribution is 6.06.